The number of amides is 1. The third kappa shape index (κ3) is 3.90. The SMILES string of the molecule is CCNC(=O)CNS(=O)(=O)c1cc(N)ccc1[N+](=O)[O-]. The quantitative estimate of drug-likeness (QED) is 0.370. The van der Waals surface area contributed by atoms with Gasteiger partial charge in [-0.15, -0.1) is 0 Å². The van der Waals surface area contributed by atoms with E-state index in [1.807, 2.05) is 4.72 Å². The summed E-state index contributed by atoms with van der Waals surface area (Å²) >= 11 is 0. The van der Waals surface area contributed by atoms with E-state index in [9.17, 15) is 23.3 Å². The Bertz CT molecular complexity index is 629. The fourth-order valence-corrected chi connectivity index (χ4v) is 2.58. The lowest BCUT2D eigenvalue weighted by Gasteiger charge is -2.08. The summed E-state index contributed by atoms with van der Waals surface area (Å²) in [6.45, 7) is 1.51. The smallest absolute Gasteiger partial charge is 0.289 e. The molecule has 0 atom stereocenters. The first kappa shape index (κ1) is 15.9. The zero-order valence-corrected chi connectivity index (χ0v) is 11.4. The minimum absolute atomic E-state index is 0.0639. The molecular formula is C10H14N4O5S. The van der Waals surface area contributed by atoms with E-state index in [1.54, 1.807) is 6.92 Å². The van der Waals surface area contributed by atoms with E-state index in [4.69, 9.17) is 5.73 Å². The van der Waals surface area contributed by atoms with Crippen LogP contribution in [0.15, 0.2) is 23.1 Å². The molecule has 0 saturated carbocycles. The van der Waals surface area contributed by atoms with Gasteiger partial charge in [0.05, 0.1) is 11.5 Å². The Morgan fingerprint density at radius 2 is 2.10 bits per heavy atom. The number of hydrogen-bond donors (Lipinski definition) is 3. The summed E-state index contributed by atoms with van der Waals surface area (Å²) in [5.74, 6) is -0.539. The van der Waals surface area contributed by atoms with Gasteiger partial charge in [0.25, 0.3) is 5.69 Å². The molecule has 0 aliphatic carbocycles. The van der Waals surface area contributed by atoms with Gasteiger partial charge in [-0.2, -0.15) is 0 Å². The molecule has 9 nitrogen and oxygen atoms in total. The predicted molar refractivity (Wildman–Crippen MR) is 71.4 cm³/mol. The lowest BCUT2D eigenvalue weighted by molar-refractivity contribution is -0.387. The standard InChI is InChI=1S/C10H14N4O5S/c1-2-12-10(15)6-13-20(18,19)9-5-7(11)3-4-8(9)14(16)17/h3-5,13H,2,6,11H2,1H3,(H,12,15). The molecular weight excluding hydrogens is 288 g/mol. The first-order valence-electron chi connectivity index (χ1n) is 5.58. The predicted octanol–water partition coefficient (Wildman–Crippen LogP) is -0.409. The van der Waals surface area contributed by atoms with E-state index in [2.05, 4.69) is 5.32 Å². The molecule has 0 saturated heterocycles. The number of nitrogens with two attached hydrogens (primary N) is 1. The summed E-state index contributed by atoms with van der Waals surface area (Å²) in [4.78, 5) is 20.6. The number of carbonyl (C=O) groups excluding carboxylic acids is 1. The second kappa shape index (κ2) is 6.30. The van der Waals surface area contributed by atoms with Gasteiger partial charge in [-0.1, -0.05) is 0 Å². The monoisotopic (exact) mass is 302 g/mol. The molecule has 110 valence electrons. The largest absolute Gasteiger partial charge is 0.399 e. The van der Waals surface area contributed by atoms with Crippen LogP contribution in [0, 0.1) is 10.1 Å². The van der Waals surface area contributed by atoms with Crippen molar-refractivity contribution in [2.24, 2.45) is 0 Å². The maximum Gasteiger partial charge on any atom is 0.289 e. The number of carbonyl (C=O) groups is 1. The molecule has 0 radical (unpaired) electrons. The minimum Gasteiger partial charge on any atom is -0.399 e. The van der Waals surface area contributed by atoms with Crippen LogP contribution in [0.2, 0.25) is 0 Å². The second-order valence-electron chi connectivity index (χ2n) is 3.76. The van der Waals surface area contributed by atoms with Crippen molar-refractivity contribution in [2.45, 2.75) is 11.8 Å². The van der Waals surface area contributed by atoms with E-state index < -0.39 is 38.0 Å². The number of nitro groups is 1. The molecule has 0 spiro atoms. The highest BCUT2D eigenvalue weighted by Crippen LogP contribution is 2.25. The van der Waals surface area contributed by atoms with Gasteiger partial charge < -0.3 is 11.1 Å². The molecule has 1 rings (SSSR count). The average molecular weight is 302 g/mol. The zero-order valence-electron chi connectivity index (χ0n) is 10.6. The van der Waals surface area contributed by atoms with E-state index in [0.29, 0.717) is 6.54 Å². The number of rotatable bonds is 6. The summed E-state index contributed by atoms with van der Waals surface area (Å²) in [5, 5.41) is 13.2. The normalized spacial score (nSPS) is 11.1. The number of nitrogen functional groups attached to an aromatic ring is 1. The summed E-state index contributed by atoms with van der Waals surface area (Å²) in [5.41, 5.74) is 4.89. The summed E-state index contributed by atoms with van der Waals surface area (Å²) in [6.07, 6.45) is 0. The molecule has 0 fully saturated rings. The topological polar surface area (TPSA) is 144 Å². The molecule has 1 aromatic rings. The van der Waals surface area contributed by atoms with Gasteiger partial charge >= 0.3 is 0 Å². The molecule has 20 heavy (non-hydrogen) atoms. The van der Waals surface area contributed by atoms with Gasteiger partial charge in [-0.05, 0) is 19.1 Å². The third-order valence-corrected chi connectivity index (χ3v) is 3.70. The van der Waals surface area contributed by atoms with E-state index in [-0.39, 0.29) is 5.69 Å². The number of hydrogen-bond acceptors (Lipinski definition) is 6. The number of nitrogens with one attached hydrogen (secondary N) is 2. The summed E-state index contributed by atoms with van der Waals surface area (Å²) in [6, 6.07) is 3.19. The van der Waals surface area contributed by atoms with Gasteiger partial charge in [-0.3, -0.25) is 14.9 Å². The number of anilines is 1. The zero-order chi connectivity index (χ0) is 15.3. The maximum absolute atomic E-state index is 12.0. The fourth-order valence-electron chi connectivity index (χ4n) is 1.39. The number of nitrogens with zero attached hydrogens (tertiary/aromatic N) is 1. The lowest BCUT2D eigenvalue weighted by Crippen LogP contribution is -2.36. The Labute approximate surface area is 115 Å². The number of benzene rings is 1. The van der Waals surface area contributed by atoms with Crippen LogP contribution in [-0.2, 0) is 14.8 Å². The molecule has 1 amide bonds. The van der Waals surface area contributed by atoms with Crippen molar-refractivity contribution in [1.82, 2.24) is 10.0 Å². The van der Waals surface area contributed by atoms with Crippen molar-refractivity contribution >= 4 is 27.3 Å². The lowest BCUT2D eigenvalue weighted by atomic mass is 10.3. The van der Waals surface area contributed by atoms with E-state index >= 15 is 0 Å². The molecule has 0 unspecified atom stereocenters. The molecule has 1 aromatic carbocycles. The maximum atomic E-state index is 12.0. The van der Waals surface area contributed by atoms with Gasteiger partial charge in [0.2, 0.25) is 15.9 Å². The van der Waals surface area contributed by atoms with Gasteiger partial charge in [-0.25, -0.2) is 13.1 Å². The number of sulfonamides is 1. The van der Waals surface area contributed by atoms with Crippen LogP contribution in [0.3, 0.4) is 0 Å². The average Bonchev–Trinajstić information content (AvgIpc) is 2.36. The Morgan fingerprint density at radius 3 is 2.65 bits per heavy atom. The molecule has 0 aliphatic heterocycles. The number of nitro benzene ring substituents is 1. The van der Waals surface area contributed by atoms with Gasteiger partial charge in [0, 0.05) is 18.3 Å². The number of likely N-dealkylation sites (N-methyl/N-ethyl adjacent to an activating group) is 1. The molecule has 0 aliphatic rings. The molecule has 4 N–H and O–H groups in total. The van der Waals surface area contributed by atoms with Crippen molar-refractivity contribution in [3.05, 3.63) is 28.3 Å². The van der Waals surface area contributed by atoms with Gasteiger partial charge in [0.15, 0.2) is 4.90 Å². The van der Waals surface area contributed by atoms with Crippen molar-refractivity contribution in [1.29, 1.82) is 0 Å². The van der Waals surface area contributed by atoms with Crippen molar-refractivity contribution in [2.75, 3.05) is 18.8 Å². The Balaban J connectivity index is 3.06. The highest BCUT2D eigenvalue weighted by Gasteiger charge is 2.26. The third-order valence-electron chi connectivity index (χ3n) is 2.27. The highest BCUT2D eigenvalue weighted by molar-refractivity contribution is 7.89. The Hall–Kier alpha value is -2.20. The molecule has 0 bridgehead atoms. The fraction of sp³-hybridized carbons (Fsp3) is 0.300. The van der Waals surface area contributed by atoms with E-state index in [1.165, 1.54) is 6.07 Å². The summed E-state index contributed by atoms with van der Waals surface area (Å²) < 4.78 is 25.9. The van der Waals surface area contributed by atoms with Crippen LogP contribution in [0.1, 0.15) is 6.92 Å². The molecule has 10 heteroatoms. The molecule has 0 aromatic heterocycles. The first-order valence-corrected chi connectivity index (χ1v) is 7.06. The van der Waals surface area contributed by atoms with Gasteiger partial charge in [0.1, 0.15) is 0 Å². The van der Waals surface area contributed by atoms with Crippen LogP contribution in [0.4, 0.5) is 11.4 Å². The van der Waals surface area contributed by atoms with Crippen LogP contribution in [0.25, 0.3) is 0 Å². The van der Waals surface area contributed by atoms with Crippen LogP contribution in [0.5, 0.6) is 0 Å². The Morgan fingerprint density at radius 1 is 1.45 bits per heavy atom. The van der Waals surface area contributed by atoms with Crippen molar-refractivity contribution in [3.8, 4) is 0 Å². The minimum atomic E-state index is -4.20. The van der Waals surface area contributed by atoms with Crippen molar-refractivity contribution in [3.63, 3.8) is 0 Å². The van der Waals surface area contributed by atoms with Crippen LogP contribution in [-0.4, -0.2) is 32.3 Å². The van der Waals surface area contributed by atoms with Crippen LogP contribution >= 0.6 is 0 Å². The Kier molecular flexibility index (Phi) is 5.00. The highest BCUT2D eigenvalue weighted by atomic mass is 32.2. The van der Waals surface area contributed by atoms with E-state index in [0.717, 1.165) is 12.1 Å². The first-order chi connectivity index (χ1) is 9.27. The molecule has 0 heterocycles. The second-order valence-corrected chi connectivity index (χ2v) is 5.50. The summed E-state index contributed by atoms with van der Waals surface area (Å²) in [7, 11) is -4.20. The van der Waals surface area contributed by atoms with Crippen LogP contribution < -0.4 is 15.8 Å². The van der Waals surface area contributed by atoms with Crippen molar-refractivity contribution < 1.29 is 18.1 Å².